The first-order valence-corrected chi connectivity index (χ1v) is 11.9. The topological polar surface area (TPSA) is 95.3 Å². The Balaban J connectivity index is 1.51. The van der Waals surface area contributed by atoms with E-state index < -0.39 is 11.1 Å². The Morgan fingerprint density at radius 2 is 1.94 bits per heavy atom. The number of aromatic nitrogens is 2. The van der Waals surface area contributed by atoms with Gasteiger partial charge in [0.2, 0.25) is 17.0 Å². The number of thiophene rings is 1. The van der Waals surface area contributed by atoms with E-state index in [1.54, 1.807) is 29.5 Å². The Kier molecular flexibility index (Phi) is 5.37. The van der Waals surface area contributed by atoms with Crippen LogP contribution in [0.15, 0.2) is 65.7 Å². The van der Waals surface area contributed by atoms with Gasteiger partial charge in [-0.2, -0.15) is 4.55 Å². The van der Waals surface area contributed by atoms with E-state index in [-0.39, 0.29) is 6.61 Å². The maximum Gasteiger partial charge on any atom is 0.235 e. The van der Waals surface area contributed by atoms with Gasteiger partial charge in [-0.1, -0.05) is 34.5 Å². The second-order valence-corrected chi connectivity index (χ2v) is 9.48. The van der Waals surface area contributed by atoms with Gasteiger partial charge < -0.3 is 10.4 Å². The number of nitrogens with zero attached hydrogens (tertiary/aromatic N) is 2. The van der Waals surface area contributed by atoms with Crippen LogP contribution in [-0.4, -0.2) is 19.6 Å². The molecule has 6 nitrogen and oxygen atoms in total. The molecule has 0 saturated carbocycles. The Morgan fingerprint density at radius 1 is 1.06 bits per heavy atom. The van der Waals surface area contributed by atoms with Crippen LogP contribution in [-0.2, 0) is 34.7 Å². The van der Waals surface area contributed by atoms with E-state index in [9.17, 15) is 13.9 Å². The molecule has 0 aliphatic heterocycles. The molecule has 1 atom stereocenters. The first-order valence-electron chi connectivity index (χ1n) is 9.84. The average molecular weight is 451 g/mol. The smallest absolute Gasteiger partial charge is 0.235 e. The molecule has 2 aromatic heterocycles. The van der Waals surface area contributed by atoms with E-state index in [0.717, 1.165) is 45.7 Å². The van der Waals surface area contributed by atoms with Crippen molar-refractivity contribution in [3.05, 3.63) is 76.8 Å². The molecule has 0 amide bonds. The number of hydrogen-bond donors (Lipinski definition) is 3. The largest absolute Gasteiger partial charge is 0.392 e. The predicted molar refractivity (Wildman–Crippen MR) is 124 cm³/mol. The summed E-state index contributed by atoms with van der Waals surface area (Å²) in [5, 5.41) is 12.9. The molecule has 0 fully saturated rings. The molecule has 1 unspecified atom stereocenters. The molecule has 1 aliphatic rings. The van der Waals surface area contributed by atoms with E-state index in [1.165, 1.54) is 4.88 Å². The summed E-state index contributed by atoms with van der Waals surface area (Å²) in [6, 6.07) is 16.8. The normalized spacial score (nSPS) is 13.4. The minimum atomic E-state index is -2.40. The number of rotatable bonds is 5. The number of aliphatic hydroxyl groups is 1. The lowest BCUT2D eigenvalue weighted by Gasteiger charge is -2.16. The lowest BCUT2D eigenvalue weighted by atomic mass is 9.95. The number of hydrogen-bond acceptors (Lipinski definition) is 6. The number of nitrogens with one attached hydrogen (secondary N) is 1. The van der Waals surface area contributed by atoms with Gasteiger partial charge in [0.05, 0.1) is 12.3 Å². The molecule has 5 rings (SSSR count). The third-order valence-electron chi connectivity index (χ3n) is 5.33. The lowest BCUT2D eigenvalue weighted by molar-refractivity contribution is 0.282. The van der Waals surface area contributed by atoms with Gasteiger partial charge in [0, 0.05) is 33.3 Å². The van der Waals surface area contributed by atoms with Gasteiger partial charge >= 0.3 is 0 Å². The minimum absolute atomic E-state index is 0.00399. The van der Waals surface area contributed by atoms with E-state index in [1.807, 2.05) is 36.5 Å². The van der Waals surface area contributed by atoms with Crippen molar-refractivity contribution in [2.45, 2.75) is 24.3 Å². The summed E-state index contributed by atoms with van der Waals surface area (Å²) in [5.74, 6) is 0.445. The zero-order chi connectivity index (χ0) is 21.4. The second-order valence-electron chi connectivity index (χ2n) is 7.28. The first kappa shape index (κ1) is 20.0. The highest BCUT2D eigenvalue weighted by molar-refractivity contribution is 7.79. The summed E-state index contributed by atoms with van der Waals surface area (Å²) < 4.78 is 20.7. The van der Waals surface area contributed by atoms with Crippen molar-refractivity contribution < 1.29 is 13.9 Å². The van der Waals surface area contributed by atoms with Crippen molar-refractivity contribution in [1.29, 1.82) is 0 Å². The van der Waals surface area contributed by atoms with Crippen LogP contribution in [0, 0.1) is 0 Å². The maximum absolute atomic E-state index is 11.4. The summed E-state index contributed by atoms with van der Waals surface area (Å²) >= 11 is -0.656. The highest BCUT2D eigenvalue weighted by atomic mass is 32.2. The average Bonchev–Trinajstić information content (AvgIpc) is 3.24. The standard InChI is InChI=1S/C23H19N3O3S2/c27-13-15-4-1-2-7-18(15)21-11-19-20(30-21)9-8-14-12-24-23(26-22(14)19)25-16-5-3-6-17(10-16)31(28)29/h1-7,10-12,27H,8-9,13H2,(H,28,29)(H,24,25,26)/p+1. The van der Waals surface area contributed by atoms with Crippen molar-refractivity contribution in [1.82, 2.24) is 9.97 Å². The first-order chi connectivity index (χ1) is 15.1. The maximum atomic E-state index is 11.4. The van der Waals surface area contributed by atoms with Crippen LogP contribution in [0.3, 0.4) is 0 Å². The van der Waals surface area contributed by atoms with Gasteiger partial charge in [0.1, 0.15) is 0 Å². The van der Waals surface area contributed by atoms with Crippen LogP contribution in [0.5, 0.6) is 0 Å². The molecule has 0 radical (unpaired) electrons. The molecule has 0 spiro atoms. The highest BCUT2D eigenvalue weighted by Gasteiger charge is 2.23. The number of aliphatic hydroxyl groups excluding tert-OH is 1. The summed E-state index contributed by atoms with van der Waals surface area (Å²) in [4.78, 5) is 12.0. The molecular weight excluding hydrogens is 430 g/mol. The number of aryl methyl sites for hydroxylation is 2. The zero-order valence-corrected chi connectivity index (χ0v) is 18.2. The molecule has 2 heterocycles. The van der Waals surface area contributed by atoms with E-state index in [2.05, 4.69) is 16.4 Å². The van der Waals surface area contributed by atoms with E-state index in [4.69, 9.17) is 4.98 Å². The van der Waals surface area contributed by atoms with Crippen LogP contribution >= 0.6 is 11.3 Å². The van der Waals surface area contributed by atoms with Crippen molar-refractivity contribution >= 4 is 34.1 Å². The van der Waals surface area contributed by atoms with Crippen molar-refractivity contribution in [2.75, 3.05) is 5.32 Å². The molecule has 8 heteroatoms. The van der Waals surface area contributed by atoms with Gasteiger partial charge in [0.25, 0.3) is 0 Å². The third-order valence-corrected chi connectivity index (χ3v) is 7.27. The summed E-state index contributed by atoms with van der Waals surface area (Å²) in [7, 11) is 0. The quantitative estimate of drug-likeness (QED) is 0.300. The molecule has 1 aliphatic carbocycles. The van der Waals surface area contributed by atoms with Crippen LogP contribution in [0.25, 0.3) is 21.7 Å². The van der Waals surface area contributed by atoms with Crippen LogP contribution in [0.2, 0.25) is 0 Å². The summed E-state index contributed by atoms with van der Waals surface area (Å²) in [6.07, 6.45) is 3.67. The molecular formula is C23H20N3O3S2+. The van der Waals surface area contributed by atoms with Crippen LogP contribution in [0.4, 0.5) is 11.6 Å². The lowest BCUT2D eigenvalue weighted by Crippen LogP contribution is -2.07. The van der Waals surface area contributed by atoms with E-state index in [0.29, 0.717) is 16.5 Å². The van der Waals surface area contributed by atoms with Gasteiger partial charge in [-0.05, 0) is 47.7 Å². The minimum Gasteiger partial charge on any atom is -0.392 e. The monoisotopic (exact) mass is 450 g/mol. The summed E-state index contributed by atoms with van der Waals surface area (Å²) in [5.41, 5.74) is 5.74. The molecule has 0 bridgehead atoms. The van der Waals surface area contributed by atoms with Gasteiger partial charge in [-0.3, -0.25) is 0 Å². The zero-order valence-electron chi connectivity index (χ0n) is 16.4. The number of thiol groups is 1. The van der Waals surface area contributed by atoms with Crippen LogP contribution in [0.1, 0.15) is 16.0 Å². The van der Waals surface area contributed by atoms with Gasteiger partial charge in [-0.25, -0.2) is 9.97 Å². The highest BCUT2D eigenvalue weighted by Crippen LogP contribution is 2.42. The molecule has 2 aromatic carbocycles. The fourth-order valence-corrected chi connectivity index (χ4v) is 5.49. The molecule has 0 saturated heterocycles. The predicted octanol–water partition coefficient (Wildman–Crippen LogP) is 4.73. The number of fused-ring (bicyclic) bond motifs is 3. The molecule has 4 aromatic rings. The molecule has 156 valence electrons. The third kappa shape index (κ3) is 3.90. The number of anilines is 2. The van der Waals surface area contributed by atoms with Crippen molar-refractivity contribution in [3.63, 3.8) is 0 Å². The number of benzene rings is 2. The fourth-order valence-electron chi connectivity index (χ4n) is 3.81. The fraction of sp³-hybridized carbons (Fsp3) is 0.130. The molecule has 3 N–H and O–H groups in total. The van der Waals surface area contributed by atoms with Crippen molar-refractivity contribution in [2.24, 2.45) is 0 Å². The summed E-state index contributed by atoms with van der Waals surface area (Å²) in [6.45, 7) is 0.00399. The Labute approximate surface area is 185 Å². The second kappa shape index (κ2) is 8.32. The molecule has 31 heavy (non-hydrogen) atoms. The Hall–Kier alpha value is -2.91. The van der Waals surface area contributed by atoms with Gasteiger partial charge in [-0.15, -0.1) is 11.3 Å². The van der Waals surface area contributed by atoms with Crippen molar-refractivity contribution in [3.8, 4) is 21.7 Å². The van der Waals surface area contributed by atoms with E-state index >= 15 is 0 Å². The van der Waals surface area contributed by atoms with Crippen LogP contribution < -0.4 is 5.32 Å². The SMILES string of the molecule is O=[SH+](O)c1cccc(Nc2ncc3c(n2)-c2cc(-c4ccccc4CO)sc2CC3)c1. The van der Waals surface area contributed by atoms with Gasteiger partial charge in [0.15, 0.2) is 4.90 Å². The Bertz CT molecular complexity index is 1300. The Morgan fingerprint density at radius 3 is 2.77 bits per heavy atom.